The van der Waals surface area contributed by atoms with Crippen LogP contribution in [0.5, 0.6) is 0 Å². The molecular weight excluding hydrogens is 204 g/mol. The second kappa shape index (κ2) is 6.08. The summed E-state index contributed by atoms with van der Waals surface area (Å²) in [5.41, 5.74) is 1.23. The fraction of sp³-hybridized carbons (Fsp3) is 0.200. The van der Waals surface area contributed by atoms with Gasteiger partial charge in [-0.05, 0) is 23.1 Å². The van der Waals surface area contributed by atoms with Gasteiger partial charge >= 0.3 is 0 Å². The predicted molar refractivity (Wildman–Crippen MR) is 59.0 cm³/mol. The number of thioether (sulfide) groups is 1. The Balaban J connectivity index is 2.37. The molecule has 1 nitrogen and oxygen atoms in total. The van der Waals surface area contributed by atoms with Gasteiger partial charge in [0.15, 0.2) is 0 Å². The van der Waals surface area contributed by atoms with Crippen molar-refractivity contribution in [2.45, 2.75) is 5.75 Å². The summed E-state index contributed by atoms with van der Waals surface area (Å²) < 4.78 is 0. The summed E-state index contributed by atoms with van der Waals surface area (Å²) in [6, 6.07) is 7.77. The molecule has 3 heteroatoms. The highest BCUT2D eigenvalue weighted by Gasteiger charge is 1.90. The molecule has 0 aliphatic carbocycles. The summed E-state index contributed by atoms with van der Waals surface area (Å²) in [7, 11) is 0. The number of rotatable bonds is 4. The van der Waals surface area contributed by atoms with Crippen molar-refractivity contribution < 1.29 is 5.11 Å². The van der Waals surface area contributed by atoms with Crippen molar-refractivity contribution >= 4 is 23.4 Å². The second-order valence-electron chi connectivity index (χ2n) is 2.49. The average Bonchev–Trinajstić information content (AvgIpc) is 2.15. The van der Waals surface area contributed by atoms with Gasteiger partial charge in [0.1, 0.15) is 0 Å². The maximum Gasteiger partial charge on any atom is 0.0620 e. The highest BCUT2D eigenvalue weighted by Crippen LogP contribution is 2.15. The van der Waals surface area contributed by atoms with Crippen LogP contribution >= 0.6 is 23.4 Å². The van der Waals surface area contributed by atoms with E-state index in [9.17, 15) is 0 Å². The van der Waals surface area contributed by atoms with Crippen LogP contribution in [0.1, 0.15) is 5.56 Å². The molecule has 0 saturated carbocycles. The van der Waals surface area contributed by atoms with E-state index in [0.717, 1.165) is 10.8 Å². The monoisotopic (exact) mass is 214 g/mol. The lowest BCUT2D eigenvalue weighted by Gasteiger charge is -1.97. The van der Waals surface area contributed by atoms with Crippen molar-refractivity contribution in [3.05, 3.63) is 46.3 Å². The molecule has 0 saturated heterocycles. The van der Waals surface area contributed by atoms with Crippen LogP contribution in [0.4, 0.5) is 0 Å². The smallest absolute Gasteiger partial charge is 0.0620 e. The van der Waals surface area contributed by atoms with Crippen molar-refractivity contribution in [3.8, 4) is 0 Å². The molecule has 0 radical (unpaired) electrons. The molecule has 1 aromatic rings. The zero-order chi connectivity index (χ0) is 9.52. The standard InChI is InChI=1S/C10H11ClOS/c11-10-4-2-9(3-5-10)8-13-7-1-6-12/h1-5,7,12H,6,8H2/b7-1-. The van der Waals surface area contributed by atoms with E-state index in [-0.39, 0.29) is 6.61 Å². The number of aliphatic hydroxyl groups is 1. The second-order valence-corrected chi connectivity index (χ2v) is 3.82. The Labute approximate surface area is 87.4 Å². The summed E-state index contributed by atoms with van der Waals surface area (Å²) in [5, 5.41) is 11.1. The maximum atomic E-state index is 8.48. The van der Waals surface area contributed by atoms with E-state index in [4.69, 9.17) is 16.7 Å². The molecule has 1 aromatic carbocycles. The minimum Gasteiger partial charge on any atom is -0.392 e. The van der Waals surface area contributed by atoms with Gasteiger partial charge in [-0.25, -0.2) is 0 Å². The van der Waals surface area contributed by atoms with Crippen LogP contribution in [0.3, 0.4) is 0 Å². The summed E-state index contributed by atoms with van der Waals surface area (Å²) in [6.45, 7) is 0.105. The molecule has 0 aromatic heterocycles. The van der Waals surface area contributed by atoms with Gasteiger partial charge in [-0.3, -0.25) is 0 Å². The molecule has 0 fully saturated rings. The first-order valence-corrected chi connectivity index (χ1v) is 5.37. The molecule has 0 aliphatic heterocycles. The van der Waals surface area contributed by atoms with Crippen LogP contribution in [-0.4, -0.2) is 11.7 Å². The number of aliphatic hydroxyl groups excluding tert-OH is 1. The van der Waals surface area contributed by atoms with Gasteiger partial charge in [0.2, 0.25) is 0 Å². The van der Waals surface area contributed by atoms with E-state index in [2.05, 4.69) is 0 Å². The van der Waals surface area contributed by atoms with Crippen molar-refractivity contribution in [1.82, 2.24) is 0 Å². The Morgan fingerprint density at radius 2 is 2.00 bits per heavy atom. The van der Waals surface area contributed by atoms with Crippen LogP contribution in [0.15, 0.2) is 35.7 Å². The SMILES string of the molecule is OC/C=C\SCc1ccc(Cl)cc1. The fourth-order valence-electron chi connectivity index (χ4n) is 0.836. The summed E-state index contributed by atoms with van der Waals surface area (Å²) in [5.74, 6) is 0.910. The molecule has 0 atom stereocenters. The average molecular weight is 215 g/mol. The van der Waals surface area contributed by atoms with E-state index < -0.39 is 0 Å². The van der Waals surface area contributed by atoms with Crippen molar-refractivity contribution in [2.75, 3.05) is 6.61 Å². The van der Waals surface area contributed by atoms with Gasteiger partial charge in [-0.1, -0.05) is 29.8 Å². The van der Waals surface area contributed by atoms with E-state index >= 15 is 0 Å². The summed E-state index contributed by atoms with van der Waals surface area (Å²) >= 11 is 7.39. The Kier molecular flexibility index (Phi) is 4.98. The molecule has 1 rings (SSSR count). The lowest BCUT2D eigenvalue weighted by molar-refractivity contribution is 0.343. The fourth-order valence-corrected chi connectivity index (χ4v) is 1.67. The molecule has 0 aliphatic rings. The zero-order valence-corrected chi connectivity index (χ0v) is 8.68. The van der Waals surface area contributed by atoms with Crippen molar-refractivity contribution in [3.63, 3.8) is 0 Å². The van der Waals surface area contributed by atoms with Crippen LogP contribution in [-0.2, 0) is 5.75 Å². The highest BCUT2D eigenvalue weighted by molar-refractivity contribution is 8.01. The number of hydrogen-bond donors (Lipinski definition) is 1. The zero-order valence-electron chi connectivity index (χ0n) is 7.11. The molecule has 1 N–H and O–H groups in total. The summed E-state index contributed by atoms with van der Waals surface area (Å²) in [4.78, 5) is 0. The topological polar surface area (TPSA) is 20.2 Å². The highest BCUT2D eigenvalue weighted by atomic mass is 35.5. The third-order valence-electron chi connectivity index (χ3n) is 1.46. The van der Waals surface area contributed by atoms with Crippen LogP contribution in [0.2, 0.25) is 5.02 Å². The van der Waals surface area contributed by atoms with E-state index in [1.54, 1.807) is 17.8 Å². The van der Waals surface area contributed by atoms with Crippen molar-refractivity contribution in [1.29, 1.82) is 0 Å². The van der Waals surface area contributed by atoms with Gasteiger partial charge in [0.25, 0.3) is 0 Å². The van der Waals surface area contributed by atoms with Crippen LogP contribution in [0.25, 0.3) is 0 Å². The molecular formula is C10H11ClOS. The lowest BCUT2D eigenvalue weighted by atomic mass is 10.2. The molecule has 0 amide bonds. The predicted octanol–water partition coefficient (Wildman–Crippen LogP) is 3.08. The Morgan fingerprint density at radius 1 is 1.31 bits per heavy atom. The summed E-state index contributed by atoms with van der Waals surface area (Å²) in [6.07, 6.45) is 1.72. The Hall–Kier alpha value is -0.440. The maximum absolute atomic E-state index is 8.48. The lowest BCUT2D eigenvalue weighted by Crippen LogP contribution is -1.77. The number of benzene rings is 1. The van der Waals surface area contributed by atoms with E-state index in [0.29, 0.717) is 0 Å². The van der Waals surface area contributed by atoms with E-state index in [1.807, 2.05) is 29.7 Å². The van der Waals surface area contributed by atoms with Gasteiger partial charge in [-0.15, -0.1) is 11.8 Å². The molecule has 13 heavy (non-hydrogen) atoms. The van der Waals surface area contributed by atoms with Crippen LogP contribution < -0.4 is 0 Å². The first-order valence-electron chi connectivity index (χ1n) is 3.95. The molecule has 0 unspecified atom stereocenters. The van der Waals surface area contributed by atoms with E-state index in [1.165, 1.54) is 5.56 Å². The normalized spacial score (nSPS) is 10.9. The van der Waals surface area contributed by atoms with Crippen molar-refractivity contribution in [2.24, 2.45) is 0 Å². The molecule has 0 spiro atoms. The minimum absolute atomic E-state index is 0.105. The first-order chi connectivity index (χ1) is 6.33. The third kappa shape index (κ3) is 4.36. The number of halogens is 1. The minimum atomic E-state index is 0.105. The first kappa shape index (κ1) is 10.6. The Morgan fingerprint density at radius 3 is 2.62 bits per heavy atom. The van der Waals surface area contributed by atoms with Gasteiger partial charge < -0.3 is 5.11 Å². The molecule has 70 valence electrons. The Bertz CT molecular complexity index is 269. The van der Waals surface area contributed by atoms with Crippen LogP contribution in [0, 0.1) is 0 Å². The van der Waals surface area contributed by atoms with Gasteiger partial charge in [0, 0.05) is 10.8 Å². The van der Waals surface area contributed by atoms with Gasteiger partial charge in [0.05, 0.1) is 6.61 Å². The third-order valence-corrected chi connectivity index (χ3v) is 2.60. The van der Waals surface area contributed by atoms with Gasteiger partial charge in [-0.2, -0.15) is 0 Å². The quantitative estimate of drug-likeness (QED) is 0.832. The number of hydrogen-bond acceptors (Lipinski definition) is 2. The largest absolute Gasteiger partial charge is 0.392 e. The molecule has 0 bridgehead atoms. The molecule has 0 heterocycles.